The summed E-state index contributed by atoms with van der Waals surface area (Å²) in [4.78, 5) is 33.4. The smallest absolute Gasteiger partial charge is 0.301 e. The number of ketones is 1. The van der Waals surface area contributed by atoms with Crippen LogP contribution in [0.15, 0.2) is 72.8 Å². The zero-order valence-electron chi connectivity index (χ0n) is 22.9. The Balaban J connectivity index is 1.54. The summed E-state index contributed by atoms with van der Waals surface area (Å²) in [5.41, 5.74) is 2.46. The molecule has 2 aliphatic heterocycles. The number of hydrogen-bond acceptors (Lipinski definition) is 8. The molecule has 1 aromatic heterocycles. The Morgan fingerprint density at radius 3 is 2.79 bits per heavy atom. The van der Waals surface area contributed by atoms with E-state index in [4.69, 9.17) is 25.8 Å². The predicted molar refractivity (Wildman–Crippen MR) is 163 cm³/mol. The van der Waals surface area contributed by atoms with E-state index in [2.05, 4.69) is 11.6 Å². The maximum absolute atomic E-state index is 13.7. The number of aliphatic hydroxyl groups is 1. The Morgan fingerprint density at radius 2 is 2.00 bits per heavy atom. The highest BCUT2D eigenvalue weighted by Gasteiger charge is 2.48. The number of rotatable bonds is 8. The van der Waals surface area contributed by atoms with Crippen LogP contribution in [0.25, 0.3) is 16.0 Å². The molecule has 2 atom stereocenters. The average Bonchev–Trinajstić information content (AvgIpc) is 3.63. The molecule has 42 heavy (non-hydrogen) atoms. The largest absolute Gasteiger partial charge is 0.507 e. The maximum atomic E-state index is 13.7. The van der Waals surface area contributed by atoms with Gasteiger partial charge in [0.15, 0.2) is 16.6 Å². The molecule has 214 valence electrons. The maximum Gasteiger partial charge on any atom is 0.301 e. The van der Waals surface area contributed by atoms with Crippen molar-refractivity contribution in [2.45, 2.75) is 32.4 Å². The number of hydrogen-bond donors (Lipinski definition) is 1. The minimum Gasteiger partial charge on any atom is -0.507 e. The fraction of sp³-hybridized carbons (Fsp3) is 0.219. The average molecular weight is 603 g/mol. The van der Waals surface area contributed by atoms with Gasteiger partial charge < -0.3 is 19.3 Å². The highest BCUT2D eigenvalue weighted by atomic mass is 35.5. The summed E-state index contributed by atoms with van der Waals surface area (Å²) in [6.07, 6.45) is 2.31. The number of aromatic nitrogens is 1. The molecule has 2 aliphatic rings. The van der Waals surface area contributed by atoms with Gasteiger partial charge in [0.1, 0.15) is 24.2 Å². The van der Waals surface area contributed by atoms with Gasteiger partial charge in [0.05, 0.1) is 28.4 Å². The first kappa shape index (κ1) is 27.8. The minimum atomic E-state index is -0.989. The zero-order chi connectivity index (χ0) is 29.5. The van der Waals surface area contributed by atoms with Crippen molar-refractivity contribution in [2.75, 3.05) is 18.1 Å². The number of nitrogens with zero attached hydrogens (tertiary/aromatic N) is 2. The van der Waals surface area contributed by atoms with Crippen molar-refractivity contribution < 1.29 is 28.9 Å². The highest BCUT2D eigenvalue weighted by molar-refractivity contribution is 7.22. The number of carbonyl (C=O) groups excluding carboxylic acids is 2. The third kappa shape index (κ3) is 4.88. The summed E-state index contributed by atoms with van der Waals surface area (Å²) in [5, 5.41) is 12.5. The summed E-state index contributed by atoms with van der Waals surface area (Å²) < 4.78 is 18.2. The molecule has 1 N–H and O–H groups in total. The second kappa shape index (κ2) is 11.2. The number of benzene rings is 3. The van der Waals surface area contributed by atoms with Crippen LogP contribution in [-0.2, 0) is 16.0 Å². The molecule has 0 spiro atoms. The summed E-state index contributed by atoms with van der Waals surface area (Å²) in [7, 11) is 0. The van der Waals surface area contributed by atoms with Gasteiger partial charge in [-0.05, 0) is 73.5 Å². The number of carbonyl (C=O) groups is 2. The van der Waals surface area contributed by atoms with Gasteiger partial charge in [-0.25, -0.2) is 4.98 Å². The van der Waals surface area contributed by atoms with E-state index in [0.29, 0.717) is 51.3 Å². The summed E-state index contributed by atoms with van der Waals surface area (Å²) >= 11 is 7.44. The lowest BCUT2D eigenvalue weighted by molar-refractivity contribution is -0.132. The van der Waals surface area contributed by atoms with E-state index in [1.54, 1.807) is 60.7 Å². The van der Waals surface area contributed by atoms with Gasteiger partial charge >= 0.3 is 5.91 Å². The van der Waals surface area contributed by atoms with Crippen molar-refractivity contribution in [3.8, 4) is 17.2 Å². The Labute approximate surface area is 251 Å². The van der Waals surface area contributed by atoms with Gasteiger partial charge in [-0.1, -0.05) is 41.7 Å². The molecule has 0 saturated carbocycles. The molecule has 3 aromatic carbocycles. The third-order valence-electron chi connectivity index (χ3n) is 7.10. The first-order valence-electron chi connectivity index (χ1n) is 13.5. The number of Topliss-reactive ketones (excluding diaryl/α,β-unsaturated/α-hetero) is 1. The van der Waals surface area contributed by atoms with E-state index < -0.39 is 17.7 Å². The van der Waals surface area contributed by atoms with Gasteiger partial charge in [0.25, 0.3) is 5.78 Å². The van der Waals surface area contributed by atoms with Crippen LogP contribution >= 0.6 is 22.9 Å². The molecule has 6 rings (SSSR count). The standard InChI is InChI=1S/C32H27ClN2O6S/c1-4-12-40-24-11-6-18(15-25(24)39-5-2)28-27(29(36)19-7-10-23-20(14-19)13-17(3)41-23)30(37)31(38)35(28)32-34-22-9-8-21(33)16-26(22)42-32/h4,6-11,14-17,28,36H,1,5,12-13H2,2-3H3/b29-27+. The van der Waals surface area contributed by atoms with Crippen LogP contribution in [0, 0.1) is 0 Å². The minimum absolute atomic E-state index is 0.00863. The fourth-order valence-electron chi connectivity index (χ4n) is 5.29. The van der Waals surface area contributed by atoms with Gasteiger partial charge in [-0.3, -0.25) is 14.5 Å². The van der Waals surface area contributed by atoms with E-state index in [1.165, 1.54) is 16.2 Å². The van der Waals surface area contributed by atoms with Crippen LogP contribution in [0.1, 0.15) is 36.6 Å². The van der Waals surface area contributed by atoms with Gasteiger partial charge in [0, 0.05) is 17.0 Å². The Hall–Kier alpha value is -4.34. The monoisotopic (exact) mass is 602 g/mol. The van der Waals surface area contributed by atoms with Crippen molar-refractivity contribution in [3.63, 3.8) is 0 Å². The number of fused-ring (bicyclic) bond motifs is 2. The van der Waals surface area contributed by atoms with Crippen molar-refractivity contribution in [1.82, 2.24) is 4.98 Å². The SMILES string of the molecule is C=CCOc1ccc(C2/C(=C(\O)c3ccc4c(c3)CC(C)O4)C(=O)C(=O)N2c2nc3ccc(Cl)cc3s2)cc1OCC. The fourth-order valence-corrected chi connectivity index (χ4v) is 6.56. The molecule has 0 bridgehead atoms. The molecule has 2 unspecified atom stereocenters. The summed E-state index contributed by atoms with van der Waals surface area (Å²) in [5.74, 6) is -0.237. The summed E-state index contributed by atoms with van der Waals surface area (Å²) in [6, 6.07) is 14.7. The Bertz CT molecular complexity index is 1780. The van der Waals surface area contributed by atoms with Crippen LogP contribution in [0.3, 0.4) is 0 Å². The zero-order valence-corrected chi connectivity index (χ0v) is 24.5. The number of halogens is 1. The molecule has 0 radical (unpaired) electrons. The van der Waals surface area contributed by atoms with Crippen LogP contribution < -0.4 is 19.1 Å². The topological polar surface area (TPSA) is 98.2 Å². The molecule has 3 heterocycles. The van der Waals surface area contributed by atoms with E-state index in [0.717, 1.165) is 16.0 Å². The number of ether oxygens (including phenoxy) is 3. The molecule has 4 aromatic rings. The molecule has 0 aliphatic carbocycles. The van der Waals surface area contributed by atoms with Crippen LogP contribution in [0.4, 0.5) is 5.13 Å². The van der Waals surface area contributed by atoms with E-state index in [1.807, 2.05) is 13.8 Å². The number of amides is 1. The van der Waals surface area contributed by atoms with Crippen molar-refractivity contribution in [2.24, 2.45) is 0 Å². The first-order chi connectivity index (χ1) is 20.3. The Morgan fingerprint density at radius 1 is 1.17 bits per heavy atom. The summed E-state index contributed by atoms with van der Waals surface area (Å²) in [6.45, 7) is 8.15. The van der Waals surface area contributed by atoms with Gasteiger partial charge in [0.2, 0.25) is 0 Å². The molecule has 1 amide bonds. The third-order valence-corrected chi connectivity index (χ3v) is 8.35. The lowest BCUT2D eigenvalue weighted by Crippen LogP contribution is -2.29. The number of aliphatic hydroxyl groups excluding tert-OH is 1. The second-order valence-electron chi connectivity index (χ2n) is 9.97. The molecular weight excluding hydrogens is 576 g/mol. The first-order valence-corrected chi connectivity index (χ1v) is 14.7. The molecular formula is C32H27ClN2O6S. The molecule has 1 saturated heterocycles. The number of anilines is 1. The van der Waals surface area contributed by atoms with Crippen LogP contribution in [-0.4, -0.2) is 41.1 Å². The second-order valence-corrected chi connectivity index (χ2v) is 11.4. The molecule has 10 heteroatoms. The van der Waals surface area contributed by atoms with Crippen molar-refractivity contribution >= 4 is 55.7 Å². The van der Waals surface area contributed by atoms with Crippen molar-refractivity contribution in [1.29, 1.82) is 0 Å². The van der Waals surface area contributed by atoms with E-state index >= 15 is 0 Å². The molecule has 8 nitrogen and oxygen atoms in total. The quantitative estimate of drug-likeness (QED) is 0.102. The predicted octanol–water partition coefficient (Wildman–Crippen LogP) is 6.86. The lowest BCUT2D eigenvalue weighted by Gasteiger charge is -2.24. The van der Waals surface area contributed by atoms with E-state index in [-0.39, 0.29) is 24.0 Å². The van der Waals surface area contributed by atoms with Crippen LogP contribution in [0.2, 0.25) is 5.02 Å². The highest BCUT2D eigenvalue weighted by Crippen LogP contribution is 2.46. The van der Waals surface area contributed by atoms with Gasteiger partial charge in [-0.15, -0.1) is 0 Å². The van der Waals surface area contributed by atoms with Crippen molar-refractivity contribution in [3.05, 3.63) is 94.5 Å². The van der Waals surface area contributed by atoms with Gasteiger partial charge in [-0.2, -0.15) is 0 Å². The van der Waals surface area contributed by atoms with Crippen LogP contribution in [0.5, 0.6) is 17.2 Å². The molecule has 1 fully saturated rings. The normalized spacial score (nSPS) is 19.2. The number of thiazole rings is 1. The van der Waals surface area contributed by atoms with E-state index in [9.17, 15) is 14.7 Å². The Kier molecular flexibility index (Phi) is 7.38. The lowest BCUT2D eigenvalue weighted by atomic mass is 9.94.